The van der Waals surface area contributed by atoms with Gasteiger partial charge in [0.05, 0.1) is 26.4 Å². The first-order valence-corrected chi connectivity index (χ1v) is 38.2. The number of aliphatic hydroxyl groups is 1. The van der Waals surface area contributed by atoms with Crippen molar-refractivity contribution in [3.8, 4) is 0 Å². The number of phosphoric acid groups is 2. The lowest BCUT2D eigenvalue weighted by atomic mass is 10.00. The van der Waals surface area contributed by atoms with E-state index < -0.39 is 97.5 Å². The first-order chi connectivity index (χ1) is 41.6. The van der Waals surface area contributed by atoms with Gasteiger partial charge in [0.15, 0.2) is 12.2 Å². The summed E-state index contributed by atoms with van der Waals surface area (Å²) >= 11 is 0. The Morgan fingerprint density at radius 3 is 0.826 bits per heavy atom. The average molecular weight is 1270 g/mol. The van der Waals surface area contributed by atoms with Gasteiger partial charge in [0.25, 0.3) is 0 Å². The molecule has 0 saturated heterocycles. The summed E-state index contributed by atoms with van der Waals surface area (Å²) in [5.74, 6) is -1.41. The molecule has 86 heavy (non-hydrogen) atoms. The van der Waals surface area contributed by atoms with E-state index in [1.807, 2.05) is 0 Å². The topological polar surface area (TPSA) is 237 Å². The molecule has 17 nitrogen and oxygen atoms in total. The van der Waals surface area contributed by atoms with Crippen molar-refractivity contribution in [1.29, 1.82) is 0 Å². The van der Waals surface area contributed by atoms with Crippen LogP contribution in [0.2, 0.25) is 0 Å². The van der Waals surface area contributed by atoms with Crippen molar-refractivity contribution in [3.63, 3.8) is 0 Å². The van der Waals surface area contributed by atoms with Crippen LogP contribution in [0.4, 0.5) is 0 Å². The second-order valence-corrected chi connectivity index (χ2v) is 27.4. The molecule has 510 valence electrons. The van der Waals surface area contributed by atoms with Crippen LogP contribution in [0, 0.1) is 5.92 Å². The Hall–Kier alpha value is -1.94. The van der Waals surface area contributed by atoms with Crippen LogP contribution in [0.25, 0.3) is 0 Å². The van der Waals surface area contributed by atoms with Gasteiger partial charge in [-0.3, -0.25) is 37.3 Å². The maximum Gasteiger partial charge on any atom is 0.472 e. The van der Waals surface area contributed by atoms with E-state index in [-0.39, 0.29) is 25.7 Å². The maximum absolute atomic E-state index is 13.0. The molecule has 0 aliphatic carbocycles. The highest BCUT2D eigenvalue weighted by atomic mass is 31.2. The number of carbonyl (C=O) groups is 4. The molecular weight excluding hydrogens is 1140 g/mol. The molecule has 3 unspecified atom stereocenters. The largest absolute Gasteiger partial charge is 0.472 e. The van der Waals surface area contributed by atoms with Crippen LogP contribution in [0.5, 0.6) is 0 Å². The van der Waals surface area contributed by atoms with Crippen LogP contribution >= 0.6 is 15.6 Å². The monoisotopic (exact) mass is 1270 g/mol. The highest BCUT2D eigenvalue weighted by Crippen LogP contribution is 2.45. The van der Waals surface area contributed by atoms with Crippen molar-refractivity contribution in [1.82, 2.24) is 0 Å². The van der Waals surface area contributed by atoms with Crippen LogP contribution in [-0.4, -0.2) is 96.7 Å². The van der Waals surface area contributed by atoms with Gasteiger partial charge in [-0.1, -0.05) is 291 Å². The smallest absolute Gasteiger partial charge is 0.462 e. The number of aliphatic hydroxyl groups excluding tert-OH is 1. The Morgan fingerprint density at radius 1 is 0.326 bits per heavy atom. The van der Waals surface area contributed by atoms with Gasteiger partial charge in [0, 0.05) is 25.7 Å². The summed E-state index contributed by atoms with van der Waals surface area (Å²) in [5.41, 5.74) is 0. The first-order valence-electron chi connectivity index (χ1n) is 35.2. The van der Waals surface area contributed by atoms with Crippen LogP contribution in [0.3, 0.4) is 0 Å². The highest BCUT2D eigenvalue weighted by molar-refractivity contribution is 7.47. The van der Waals surface area contributed by atoms with Gasteiger partial charge in [-0.25, -0.2) is 9.13 Å². The van der Waals surface area contributed by atoms with Crippen LogP contribution in [0.15, 0.2) is 0 Å². The van der Waals surface area contributed by atoms with Crippen molar-refractivity contribution in [2.24, 2.45) is 5.92 Å². The van der Waals surface area contributed by atoms with E-state index in [2.05, 4.69) is 34.6 Å². The zero-order valence-electron chi connectivity index (χ0n) is 55.4. The third-order valence-electron chi connectivity index (χ3n) is 15.9. The molecule has 19 heteroatoms. The van der Waals surface area contributed by atoms with E-state index >= 15 is 0 Å². The Morgan fingerprint density at radius 2 is 0.558 bits per heavy atom. The van der Waals surface area contributed by atoms with Crippen LogP contribution < -0.4 is 0 Å². The zero-order chi connectivity index (χ0) is 63.5. The van der Waals surface area contributed by atoms with Crippen molar-refractivity contribution >= 4 is 39.5 Å². The van der Waals surface area contributed by atoms with Crippen molar-refractivity contribution in [2.45, 2.75) is 361 Å². The minimum atomic E-state index is -4.94. The number of carbonyl (C=O) groups excluding carboxylic acids is 4. The SMILES string of the molecule is CCCCCCCCCCCCCCCCCCCCCCCCC(=O)O[C@H](COC(=O)CCCCCCCCC(C)CC)COP(=O)(O)OC[C@@H](O)COP(=O)(O)OC[C@@H](COC(=O)CCCCCCC)OC(=O)CCCCCCCCCCC. The molecule has 0 heterocycles. The highest BCUT2D eigenvalue weighted by Gasteiger charge is 2.30. The predicted octanol–water partition coefficient (Wildman–Crippen LogP) is 19.0. The van der Waals surface area contributed by atoms with E-state index in [0.717, 1.165) is 109 Å². The second kappa shape index (κ2) is 60.6. The minimum absolute atomic E-state index is 0.105. The lowest BCUT2D eigenvalue weighted by molar-refractivity contribution is -0.161. The fraction of sp³-hybridized carbons (Fsp3) is 0.940. The number of phosphoric ester groups is 2. The van der Waals surface area contributed by atoms with Crippen molar-refractivity contribution in [2.75, 3.05) is 39.6 Å². The zero-order valence-corrected chi connectivity index (χ0v) is 57.2. The summed E-state index contributed by atoms with van der Waals surface area (Å²) in [6.45, 7) is 7.06. The van der Waals surface area contributed by atoms with Crippen molar-refractivity contribution < 1.29 is 80.2 Å². The van der Waals surface area contributed by atoms with E-state index in [9.17, 15) is 43.2 Å². The summed E-state index contributed by atoms with van der Waals surface area (Å²) in [4.78, 5) is 72.0. The lowest BCUT2D eigenvalue weighted by Gasteiger charge is -2.21. The van der Waals surface area contributed by atoms with Crippen LogP contribution in [0.1, 0.15) is 343 Å². The van der Waals surface area contributed by atoms with Gasteiger partial charge < -0.3 is 33.8 Å². The molecule has 0 radical (unpaired) electrons. The fourth-order valence-electron chi connectivity index (χ4n) is 10.1. The molecule has 3 N–H and O–H groups in total. The van der Waals surface area contributed by atoms with Gasteiger partial charge in [-0.05, 0) is 31.6 Å². The lowest BCUT2D eigenvalue weighted by Crippen LogP contribution is -2.30. The Balaban J connectivity index is 5.05. The van der Waals surface area contributed by atoms with E-state index in [1.54, 1.807) is 0 Å². The summed E-state index contributed by atoms with van der Waals surface area (Å²) < 4.78 is 67.8. The number of ether oxygens (including phenoxy) is 4. The molecule has 6 atom stereocenters. The van der Waals surface area contributed by atoms with Crippen molar-refractivity contribution in [3.05, 3.63) is 0 Å². The van der Waals surface area contributed by atoms with E-state index in [4.69, 9.17) is 37.0 Å². The molecule has 0 rings (SSSR count). The number of unbranched alkanes of at least 4 members (excludes halogenated alkanes) is 38. The molecule has 0 spiro atoms. The maximum atomic E-state index is 13.0. The summed E-state index contributed by atoms with van der Waals surface area (Å²) in [6.07, 6.45) is 46.5. The third kappa shape index (κ3) is 59.7. The molecular formula is C67H130O17P2. The number of hydrogen-bond acceptors (Lipinski definition) is 15. The van der Waals surface area contributed by atoms with E-state index in [0.29, 0.717) is 25.7 Å². The average Bonchev–Trinajstić information content (AvgIpc) is 3.64. The molecule has 0 amide bonds. The first kappa shape index (κ1) is 84.1. The summed E-state index contributed by atoms with van der Waals surface area (Å²) in [5, 5.41) is 10.5. The molecule has 0 aromatic rings. The van der Waals surface area contributed by atoms with Gasteiger partial charge in [0.1, 0.15) is 19.3 Å². The summed E-state index contributed by atoms with van der Waals surface area (Å²) in [6, 6.07) is 0. The molecule has 0 fully saturated rings. The Bertz CT molecular complexity index is 1670. The minimum Gasteiger partial charge on any atom is -0.462 e. The Labute approximate surface area is 524 Å². The Kier molecular flexibility index (Phi) is 59.2. The van der Waals surface area contributed by atoms with E-state index in [1.165, 1.54) is 154 Å². The second-order valence-electron chi connectivity index (χ2n) is 24.5. The number of esters is 4. The molecule has 0 aromatic carbocycles. The molecule has 0 bridgehead atoms. The van der Waals surface area contributed by atoms with Gasteiger partial charge in [-0.2, -0.15) is 0 Å². The predicted molar refractivity (Wildman–Crippen MR) is 345 cm³/mol. The van der Waals surface area contributed by atoms with Gasteiger partial charge in [-0.15, -0.1) is 0 Å². The molecule has 0 aliphatic heterocycles. The van der Waals surface area contributed by atoms with Gasteiger partial charge >= 0.3 is 39.5 Å². The standard InChI is InChI=1S/C67H130O17P2/c1-6-10-13-16-18-20-21-22-23-24-25-26-27-28-29-30-31-32-34-36-43-48-53-67(72)84-63(57-78-65(70)51-46-41-38-37-40-44-49-60(5)9-4)59-82-86(75,76)80-55-61(68)54-79-85(73,74)81-58-62(56-77-64(69)50-45-39-15-12-8-3)83-66(71)52-47-42-35-33-19-17-14-11-7-2/h60-63,68H,6-59H2,1-5H3,(H,73,74)(H,75,76)/t60?,61-,62+,63+/m0/s1. The van der Waals surface area contributed by atoms with Crippen LogP contribution in [-0.2, 0) is 65.4 Å². The molecule has 0 saturated carbocycles. The van der Waals surface area contributed by atoms with Gasteiger partial charge in [0.2, 0.25) is 0 Å². The summed E-state index contributed by atoms with van der Waals surface area (Å²) in [7, 11) is -9.88. The molecule has 0 aromatic heterocycles. The fourth-order valence-corrected chi connectivity index (χ4v) is 11.7. The third-order valence-corrected chi connectivity index (χ3v) is 17.8. The normalized spacial score (nSPS) is 14.5. The quantitative estimate of drug-likeness (QED) is 0.0222. The molecule has 0 aliphatic rings. The number of hydrogen-bond donors (Lipinski definition) is 3. The number of rotatable bonds is 67.